The van der Waals surface area contributed by atoms with Crippen LogP contribution in [-0.2, 0) is 20.2 Å². The number of nitrogens with two attached hydrogens (primary N) is 3. The van der Waals surface area contributed by atoms with Gasteiger partial charge in [0.15, 0.2) is 5.13 Å². The van der Waals surface area contributed by atoms with Gasteiger partial charge in [-0.1, -0.05) is 31.3 Å². The lowest BCUT2D eigenvalue weighted by Crippen LogP contribution is -2.31. The van der Waals surface area contributed by atoms with Gasteiger partial charge >= 0.3 is 0 Å². The van der Waals surface area contributed by atoms with Crippen LogP contribution in [0.5, 0.6) is 0 Å². The Labute approximate surface area is 207 Å². The molecular weight excluding hydrogens is 516 g/mol. The topological polar surface area (TPSA) is 215 Å². The normalized spacial score (nSPS) is 14.0. The minimum atomic E-state index is -4.27. The predicted octanol–water partition coefficient (Wildman–Crippen LogP) is 2.76. The number of rotatable bonds is 3. The van der Waals surface area contributed by atoms with Gasteiger partial charge in [-0.3, -0.25) is 9.11 Å². The number of nitrogens with zero attached hydrogens (tertiary/aromatic N) is 3. The molecule has 1 aromatic heterocycles. The van der Waals surface area contributed by atoms with E-state index < -0.39 is 20.2 Å². The fourth-order valence-electron chi connectivity index (χ4n) is 2.82. The van der Waals surface area contributed by atoms with Gasteiger partial charge in [-0.2, -0.15) is 21.9 Å². The highest BCUT2D eigenvalue weighted by Crippen LogP contribution is 2.26. The standard InChI is InChI=1S/C11H14N4O3S.C7H6N2O3S2.C2H6/c1-7-5-10(12)11(13)15(14-7)8-3-2-4-9(6-8)19(16,17)18;8-7-9-5-2-1-4(14(10,11)12)3-6(5)13-7;1-2/h2-4,6H,5,12-13H2,1H3,(H,16,17,18);1-3H,(H2,8,9)(H,10,11,12);1-2H3. The molecule has 1 aliphatic heterocycles. The molecule has 0 radical (unpaired) electrons. The molecule has 0 aliphatic carbocycles. The SMILES string of the molecule is CC.CC1=NN(c2cccc(S(=O)(=O)O)c2)C(N)=C(N)C1.Nc1nc2ccc(S(=O)(=O)O)cc2s1. The van der Waals surface area contributed by atoms with Crippen LogP contribution in [0.3, 0.4) is 0 Å². The molecule has 0 spiro atoms. The van der Waals surface area contributed by atoms with Gasteiger partial charge in [0.1, 0.15) is 5.82 Å². The molecule has 0 atom stereocenters. The van der Waals surface area contributed by atoms with Gasteiger partial charge in [-0.25, -0.2) is 9.99 Å². The maximum absolute atomic E-state index is 11.1. The number of nitrogen functional groups attached to an aromatic ring is 1. The summed E-state index contributed by atoms with van der Waals surface area (Å²) in [6.45, 7) is 5.79. The molecule has 2 heterocycles. The Morgan fingerprint density at radius 1 is 0.943 bits per heavy atom. The highest BCUT2D eigenvalue weighted by molar-refractivity contribution is 7.86. The predicted molar refractivity (Wildman–Crippen MR) is 137 cm³/mol. The van der Waals surface area contributed by atoms with Crippen molar-refractivity contribution in [3.8, 4) is 0 Å². The first-order valence-electron chi connectivity index (χ1n) is 10.0. The van der Waals surface area contributed by atoms with Crippen LogP contribution in [0.4, 0.5) is 10.8 Å². The van der Waals surface area contributed by atoms with Crippen LogP contribution in [0.2, 0.25) is 0 Å². The summed E-state index contributed by atoms with van der Waals surface area (Å²) in [6, 6.07) is 9.80. The van der Waals surface area contributed by atoms with Crippen LogP contribution in [0.1, 0.15) is 27.2 Å². The molecule has 0 unspecified atom stereocenters. The summed E-state index contributed by atoms with van der Waals surface area (Å²) in [6.07, 6.45) is 0.473. The van der Waals surface area contributed by atoms with Crippen molar-refractivity contribution in [2.45, 2.75) is 37.0 Å². The van der Waals surface area contributed by atoms with Crippen molar-refractivity contribution < 1.29 is 25.9 Å². The fourth-order valence-corrected chi connectivity index (χ4v) is 4.69. The largest absolute Gasteiger partial charge is 0.399 e. The first-order valence-corrected chi connectivity index (χ1v) is 13.7. The Morgan fingerprint density at radius 3 is 2.14 bits per heavy atom. The number of fused-ring (bicyclic) bond motifs is 1. The minimum Gasteiger partial charge on any atom is -0.399 e. The summed E-state index contributed by atoms with van der Waals surface area (Å²) in [4.78, 5) is 3.58. The number of hydrazone groups is 1. The number of hydrogen-bond donors (Lipinski definition) is 5. The van der Waals surface area contributed by atoms with Gasteiger partial charge in [-0.15, -0.1) is 0 Å². The molecule has 190 valence electrons. The Bertz CT molecular complexity index is 1500. The van der Waals surface area contributed by atoms with E-state index in [1.165, 1.54) is 52.7 Å². The molecule has 0 fully saturated rings. The summed E-state index contributed by atoms with van der Waals surface area (Å²) in [5.41, 5.74) is 19.3. The van der Waals surface area contributed by atoms with E-state index in [0.717, 1.165) is 5.71 Å². The van der Waals surface area contributed by atoms with Crippen LogP contribution in [-0.4, -0.2) is 36.6 Å². The molecule has 8 N–H and O–H groups in total. The van der Waals surface area contributed by atoms with E-state index in [1.807, 2.05) is 13.8 Å². The number of allylic oxidation sites excluding steroid dienone is 1. The minimum absolute atomic E-state index is 0.145. The van der Waals surface area contributed by atoms with Crippen LogP contribution in [0, 0.1) is 0 Å². The molecular formula is C20H26N6O6S3. The Morgan fingerprint density at radius 2 is 1.54 bits per heavy atom. The average molecular weight is 543 g/mol. The fraction of sp³-hybridized carbons (Fsp3) is 0.200. The lowest BCUT2D eigenvalue weighted by atomic mass is 10.2. The Kier molecular flexibility index (Phi) is 8.80. The van der Waals surface area contributed by atoms with E-state index in [4.69, 9.17) is 26.3 Å². The van der Waals surface area contributed by atoms with Crippen LogP contribution in [0.25, 0.3) is 10.2 Å². The van der Waals surface area contributed by atoms with Crippen LogP contribution >= 0.6 is 11.3 Å². The number of anilines is 2. The molecule has 0 saturated heterocycles. The number of hydrogen-bond acceptors (Lipinski definition) is 11. The number of aromatic nitrogens is 1. The zero-order valence-electron chi connectivity index (χ0n) is 19.1. The second-order valence-electron chi connectivity index (χ2n) is 6.86. The van der Waals surface area contributed by atoms with E-state index in [-0.39, 0.29) is 15.6 Å². The smallest absolute Gasteiger partial charge is 0.294 e. The molecule has 0 amide bonds. The van der Waals surface area contributed by atoms with Gasteiger partial charge in [0, 0.05) is 12.1 Å². The van der Waals surface area contributed by atoms with Crippen molar-refractivity contribution in [1.29, 1.82) is 0 Å². The summed E-state index contributed by atoms with van der Waals surface area (Å²) < 4.78 is 62.3. The van der Waals surface area contributed by atoms with Crippen molar-refractivity contribution >= 4 is 58.3 Å². The second-order valence-corrected chi connectivity index (χ2v) is 10.8. The summed E-state index contributed by atoms with van der Waals surface area (Å²) >= 11 is 1.17. The van der Waals surface area contributed by atoms with E-state index in [0.29, 0.717) is 33.2 Å². The molecule has 12 nitrogen and oxygen atoms in total. The Hall–Kier alpha value is -3.24. The molecule has 35 heavy (non-hydrogen) atoms. The number of thiazole rings is 1. The summed E-state index contributed by atoms with van der Waals surface area (Å²) in [5, 5.41) is 5.94. The molecule has 2 aromatic carbocycles. The maximum atomic E-state index is 11.1. The van der Waals surface area contributed by atoms with Crippen molar-refractivity contribution in [1.82, 2.24) is 4.98 Å². The van der Waals surface area contributed by atoms with Crippen molar-refractivity contribution in [2.75, 3.05) is 10.7 Å². The van der Waals surface area contributed by atoms with E-state index in [9.17, 15) is 16.8 Å². The number of benzene rings is 2. The van der Waals surface area contributed by atoms with Crippen molar-refractivity contribution in [3.05, 3.63) is 54.0 Å². The second kappa shape index (κ2) is 11.0. The zero-order valence-corrected chi connectivity index (χ0v) is 21.5. The Balaban J connectivity index is 0.000000239. The van der Waals surface area contributed by atoms with E-state index >= 15 is 0 Å². The molecule has 3 aromatic rings. The van der Waals surface area contributed by atoms with Crippen LogP contribution < -0.4 is 22.2 Å². The third kappa shape index (κ3) is 7.12. The summed E-state index contributed by atoms with van der Waals surface area (Å²) in [7, 11) is -8.42. The van der Waals surface area contributed by atoms with E-state index in [1.54, 1.807) is 13.0 Å². The molecule has 0 bridgehead atoms. The highest BCUT2D eigenvalue weighted by atomic mass is 32.2. The maximum Gasteiger partial charge on any atom is 0.294 e. The van der Waals surface area contributed by atoms with Gasteiger partial charge in [0.05, 0.1) is 31.4 Å². The van der Waals surface area contributed by atoms with E-state index in [2.05, 4.69) is 10.1 Å². The zero-order chi connectivity index (χ0) is 26.6. The lowest BCUT2D eigenvalue weighted by molar-refractivity contribution is 0.481. The summed E-state index contributed by atoms with van der Waals surface area (Å²) in [5.74, 6) is 0.248. The van der Waals surface area contributed by atoms with Gasteiger partial charge in [0.25, 0.3) is 20.2 Å². The van der Waals surface area contributed by atoms with Crippen molar-refractivity contribution in [2.24, 2.45) is 16.6 Å². The third-order valence-corrected chi connectivity index (χ3v) is 6.86. The highest BCUT2D eigenvalue weighted by Gasteiger charge is 2.19. The van der Waals surface area contributed by atoms with Gasteiger partial charge in [0.2, 0.25) is 0 Å². The van der Waals surface area contributed by atoms with Crippen LogP contribution in [0.15, 0.2) is 68.9 Å². The van der Waals surface area contributed by atoms with Crippen molar-refractivity contribution in [3.63, 3.8) is 0 Å². The molecule has 4 rings (SSSR count). The monoisotopic (exact) mass is 542 g/mol. The van der Waals surface area contributed by atoms with Gasteiger partial charge in [-0.05, 0) is 43.3 Å². The quantitative estimate of drug-likeness (QED) is 0.303. The first-order chi connectivity index (χ1) is 16.3. The molecule has 0 saturated carbocycles. The first kappa shape index (κ1) is 28.0. The molecule has 15 heteroatoms. The lowest BCUT2D eigenvalue weighted by Gasteiger charge is -2.26. The molecule has 1 aliphatic rings. The average Bonchev–Trinajstić information content (AvgIpc) is 3.16. The third-order valence-electron chi connectivity index (χ3n) is 4.31. The van der Waals surface area contributed by atoms with Gasteiger partial charge < -0.3 is 17.2 Å².